The number of rotatable bonds is 5. The van der Waals surface area contributed by atoms with Crippen LogP contribution in [-0.2, 0) is 4.79 Å². The summed E-state index contributed by atoms with van der Waals surface area (Å²) in [6, 6.07) is 18.6. The van der Waals surface area contributed by atoms with E-state index in [9.17, 15) is 10.1 Å². The number of hydrogen-bond donors (Lipinski definition) is 1. The largest absolute Gasteiger partial charge is 0.496 e. The zero-order valence-corrected chi connectivity index (χ0v) is 13.1. The van der Waals surface area contributed by atoms with Crippen molar-refractivity contribution in [2.24, 2.45) is 0 Å². The van der Waals surface area contributed by atoms with Gasteiger partial charge in [0.1, 0.15) is 17.4 Å². The number of hydrogen-bond acceptors (Lipinski definition) is 3. The van der Waals surface area contributed by atoms with E-state index in [1.807, 2.05) is 55.5 Å². The Kier molecular flexibility index (Phi) is 5.54. The highest BCUT2D eigenvalue weighted by atomic mass is 16.5. The van der Waals surface area contributed by atoms with Crippen molar-refractivity contribution >= 4 is 12.0 Å². The fourth-order valence-electron chi connectivity index (χ4n) is 2.19. The Morgan fingerprint density at radius 1 is 1.17 bits per heavy atom. The van der Waals surface area contributed by atoms with Gasteiger partial charge in [0.15, 0.2) is 0 Å². The monoisotopic (exact) mass is 306 g/mol. The lowest BCUT2D eigenvalue weighted by Gasteiger charge is -2.14. The molecule has 2 rings (SSSR count). The first-order chi connectivity index (χ1) is 11.2. The molecule has 0 radical (unpaired) electrons. The molecule has 4 nitrogen and oxygen atoms in total. The van der Waals surface area contributed by atoms with Gasteiger partial charge in [0.25, 0.3) is 5.91 Å². The van der Waals surface area contributed by atoms with Gasteiger partial charge in [-0.1, -0.05) is 48.5 Å². The Morgan fingerprint density at radius 3 is 2.48 bits per heavy atom. The van der Waals surface area contributed by atoms with Crippen LogP contribution in [0.3, 0.4) is 0 Å². The van der Waals surface area contributed by atoms with Crippen molar-refractivity contribution in [1.82, 2.24) is 5.32 Å². The third-order valence-corrected chi connectivity index (χ3v) is 3.45. The molecule has 0 aliphatic heterocycles. The summed E-state index contributed by atoms with van der Waals surface area (Å²) in [4.78, 5) is 12.3. The number of amides is 1. The molecule has 0 spiro atoms. The minimum atomic E-state index is -0.408. The first-order valence-corrected chi connectivity index (χ1v) is 7.26. The van der Waals surface area contributed by atoms with E-state index in [0.29, 0.717) is 11.3 Å². The molecule has 1 N–H and O–H groups in total. The average Bonchev–Trinajstić information content (AvgIpc) is 2.60. The second-order valence-corrected chi connectivity index (χ2v) is 5.02. The van der Waals surface area contributed by atoms with Crippen LogP contribution in [0.1, 0.15) is 24.1 Å². The molecule has 116 valence electrons. The molecule has 0 aliphatic carbocycles. The Balaban J connectivity index is 2.19. The van der Waals surface area contributed by atoms with Crippen molar-refractivity contribution in [2.75, 3.05) is 7.11 Å². The second-order valence-electron chi connectivity index (χ2n) is 5.02. The van der Waals surface area contributed by atoms with Gasteiger partial charge in [-0.2, -0.15) is 5.26 Å². The highest BCUT2D eigenvalue weighted by Gasteiger charge is 2.14. The van der Waals surface area contributed by atoms with E-state index in [4.69, 9.17) is 4.74 Å². The summed E-state index contributed by atoms with van der Waals surface area (Å²) in [5, 5.41) is 12.1. The molecule has 0 saturated heterocycles. The summed E-state index contributed by atoms with van der Waals surface area (Å²) >= 11 is 0. The summed E-state index contributed by atoms with van der Waals surface area (Å²) in [6.45, 7) is 1.88. The van der Waals surface area contributed by atoms with Crippen molar-refractivity contribution < 1.29 is 9.53 Å². The molecular formula is C19H18N2O2. The number of ether oxygens (including phenoxy) is 1. The van der Waals surface area contributed by atoms with Crippen molar-refractivity contribution in [2.45, 2.75) is 13.0 Å². The van der Waals surface area contributed by atoms with Gasteiger partial charge in [-0.25, -0.2) is 0 Å². The Bertz CT molecular complexity index is 745. The van der Waals surface area contributed by atoms with Crippen LogP contribution in [0.2, 0.25) is 0 Å². The van der Waals surface area contributed by atoms with E-state index < -0.39 is 5.91 Å². The molecule has 2 aromatic carbocycles. The molecule has 0 fully saturated rings. The third-order valence-electron chi connectivity index (χ3n) is 3.45. The lowest BCUT2D eigenvalue weighted by Crippen LogP contribution is -2.27. The van der Waals surface area contributed by atoms with Crippen molar-refractivity contribution in [1.29, 1.82) is 5.26 Å². The van der Waals surface area contributed by atoms with Crippen molar-refractivity contribution in [3.05, 3.63) is 71.3 Å². The summed E-state index contributed by atoms with van der Waals surface area (Å²) in [7, 11) is 1.55. The molecule has 23 heavy (non-hydrogen) atoms. The Labute approximate surface area is 136 Å². The van der Waals surface area contributed by atoms with Gasteiger partial charge < -0.3 is 10.1 Å². The van der Waals surface area contributed by atoms with Crippen LogP contribution in [0.4, 0.5) is 0 Å². The molecule has 0 heterocycles. The van der Waals surface area contributed by atoms with E-state index in [2.05, 4.69) is 5.32 Å². The number of nitriles is 1. The summed E-state index contributed by atoms with van der Waals surface area (Å²) < 4.78 is 5.24. The van der Waals surface area contributed by atoms with Gasteiger partial charge in [-0.05, 0) is 24.6 Å². The van der Waals surface area contributed by atoms with Gasteiger partial charge in [0.2, 0.25) is 0 Å². The van der Waals surface area contributed by atoms with Crippen LogP contribution in [0.15, 0.2) is 60.2 Å². The number of carbonyl (C=O) groups excluding carboxylic acids is 1. The number of methoxy groups -OCH3 is 1. The predicted octanol–water partition coefficient (Wildman–Crippen LogP) is 3.48. The van der Waals surface area contributed by atoms with Crippen molar-refractivity contribution in [3.63, 3.8) is 0 Å². The molecule has 0 aromatic heterocycles. The van der Waals surface area contributed by atoms with Crippen LogP contribution in [0, 0.1) is 11.3 Å². The van der Waals surface area contributed by atoms with Gasteiger partial charge >= 0.3 is 0 Å². The highest BCUT2D eigenvalue weighted by molar-refractivity contribution is 6.02. The lowest BCUT2D eigenvalue weighted by molar-refractivity contribution is -0.117. The lowest BCUT2D eigenvalue weighted by atomic mass is 10.1. The number of para-hydroxylation sites is 1. The zero-order valence-electron chi connectivity index (χ0n) is 13.1. The minimum Gasteiger partial charge on any atom is -0.496 e. The summed E-state index contributed by atoms with van der Waals surface area (Å²) in [5.74, 6) is 0.207. The maximum atomic E-state index is 12.3. The van der Waals surface area contributed by atoms with Crippen molar-refractivity contribution in [3.8, 4) is 11.8 Å². The van der Waals surface area contributed by atoms with Gasteiger partial charge in [0, 0.05) is 5.56 Å². The summed E-state index contributed by atoms with van der Waals surface area (Å²) in [6.07, 6.45) is 1.53. The molecule has 1 unspecified atom stereocenters. The van der Waals surface area contributed by atoms with Crippen LogP contribution in [-0.4, -0.2) is 13.0 Å². The standard InChI is InChI=1S/C19H18N2O2/c1-14(15-8-4-3-5-9-15)21-19(22)17(13-20)12-16-10-6-7-11-18(16)23-2/h3-12,14H,1-2H3,(H,21,22). The second kappa shape index (κ2) is 7.81. The number of benzene rings is 2. The van der Waals surface area contributed by atoms with E-state index in [1.165, 1.54) is 6.08 Å². The quantitative estimate of drug-likeness (QED) is 0.679. The molecule has 4 heteroatoms. The number of nitrogens with one attached hydrogen (secondary N) is 1. The van der Waals surface area contributed by atoms with Gasteiger partial charge in [-0.3, -0.25) is 4.79 Å². The van der Waals surface area contributed by atoms with Crippen LogP contribution >= 0.6 is 0 Å². The fourth-order valence-corrected chi connectivity index (χ4v) is 2.19. The molecule has 1 atom stereocenters. The fraction of sp³-hybridized carbons (Fsp3) is 0.158. The van der Waals surface area contributed by atoms with Crippen LogP contribution in [0.25, 0.3) is 6.08 Å². The smallest absolute Gasteiger partial charge is 0.262 e. The predicted molar refractivity (Wildman–Crippen MR) is 89.6 cm³/mol. The number of nitrogens with zero attached hydrogens (tertiary/aromatic N) is 1. The number of carbonyl (C=O) groups is 1. The molecule has 2 aromatic rings. The third kappa shape index (κ3) is 4.21. The Morgan fingerprint density at radius 2 is 1.83 bits per heavy atom. The molecular weight excluding hydrogens is 288 g/mol. The van der Waals surface area contributed by atoms with E-state index in [1.54, 1.807) is 19.2 Å². The van der Waals surface area contributed by atoms with E-state index in [0.717, 1.165) is 5.56 Å². The minimum absolute atomic E-state index is 0.0391. The average molecular weight is 306 g/mol. The van der Waals surface area contributed by atoms with Crippen LogP contribution in [0.5, 0.6) is 5.75 Å². The molecule has 0 aliphatic rings. The van der Waals surface area contributed by atoms with Gasteiger partial charge in [0.05, 0.1) is 13.2 Å². The molecule has 0 bridgehead atoms. The van der Waals surface area contributed by atoms with Gasteiger partial charge in [-0.15, -0.1) is 0 Å². The maximum absolute atomic E-state index is 12.3. The highest BCUT2D eigenvalue weighted by Crippen LogP contribution is 2.20. The first kappa shape index (κ1) is 16.3. The maximum Gasteiger partial charge on any atom is 0.262 e. The molecule has 1 amide bonds. The van der Waals surface area contributed by atoms with E-state index in [-0.39, 0.29) is 11.6 Å². The zero-order chi connectivity index (χ0) is 16.7. The SMILES string of the molecule is COc1ccccc1C=C(C#N)C(=O)NC(C)c1ccccc1. The first-order valence-electron chi connectivity index (χ1n) is 7.26. The molecule has 0 saturated carbocycles. The normalized spacial score (nSPS) is 12.1. The summed E-state index contributed by atoms with van der Waals surface area (Å²) in [5.41, 5.74) is 1.71. The Hall–Kier alpha value is -3.06. The van der Waals surface area contributed by atoms with Crippen LogP contribution < -0.4 is 10.1 Å². The topological polar surface area (TPSA) is 62.1 Å². The van der Waals surface area contributed by atoms with E-state index >= 15 is 0 Å².